The molecule has 0 bridgehead atoms. The Kier molecular flexibility index (Phi) is 3.29. The zero-order valence-corrected chi connectivity index (χ0v) is 12.4. The van der Waals surface area contributed by atoms with Crippen molar-refractivity contribution in [2.24, 2.45) is 9.98 Å². The van der Waals surface area contributed by atoms with Crippen LogP contribution in [0.5, 0.6) is 0 Å². The lowest BCUT2D eigenvalue weighted by molar-refractivity contribution is 0.318. The second-order valence-corrected chi connectivity index (χ2v) is 5.64. The van der Waals surface area contributed by atoms with Crippen LogP contribution in [0.2, 0.25) is 0 Å². The molecule has 1 unspecified atom stereocenters. The van der Waals surface area contributed by atoms with Crippen molar-refractivity contribution in [1.82, 2.24) is 0 Å². The summed E-state index contributed by atoms with van der Waals surface area (Å²) < 4.78 is 11.5. The first-order valence-electron chi connectivity index (χ1n) is 7.68. The monoisotopic (exact) mass is 294 g/mol. The fourth-order valence-corrected chi connectivity index (χ4v) is 3.23. The van der Waals surface area contributed by atoms with Gasteiger partial charge in [0, 0.05) is 5.57 Å². The largest absolute Gasteiger partial charge is 0.478 e. The quantitative estimate of drug-likeness (QED) is 0.860. The van der Waals surface area contributed by atoms with Crippen LogP contribution in [0.3, 0.4) is 0 Å². The highest BCUT2D eigenvalue weighted by Gasteiger charge is 2.41. The molecule has 2 heterocycles. The predicted octanol–water partition coefficient (Wildman–Crippen LogP) is 2.67. The zero-order valence-electron chi connectivity index (χ0n) is 12.4. The van der Waals surface area contributed by atoms with Gasteiger partial charge in [-0.05, 0) is 12.0 Å². The summed E-state index contributed by atoms with van der Waals surface area (Å²) in [6.07, 6.45) is 7.11. The van der Waals surface area contributed by atoms with E-state index in [2.05, 4.69) is 52.5 Å². The van der Waals surface area contributed by atoms with E-state index < -0.39 is 0 Å². The Labute approximate surface area is 129 Å². The van der Waals surface area contributed by atoms with Crippen LogP contribution in [0.25, 0.3) is 0 Å². The fraction of sp³-hybridized carbons (Fsp3) is 0.333. The van der Waals surface area contributed by atoms with Gasteiger partial charge in [0.25, 0.3) is 0 Å². The highest BCUT2D eigenvalue weighted by molar-refractivity contribution is 5.99. The summed E-state index contributed by atoms with van der Waals surface area (Å²) in [6.45, 7) is 2.81. The minimum absolute atomic E-state index is 0.351. The Morgan fingerprint density at radius 3 is 2.50 bits per heavy atom. The maximum atomic E-state index is 5.85. The molecular formula is C18H18N2O2. The predicted molar refractivity (Wildman–Crippen MR) is 86.5 cm³/mol. The minimum atomic E-state index is -0.351. The normalized spacial score (nSPS) is 26.8. The van der Waals surface area contributed by atoms with E-state index in [1.54, 1.807) is 0 Å². The molecule has 112 valence electrons. The first-order chi connectivity index (χ1) is 10.9. The van der Waals surface area contributed by atoms with Crippen LogP contribution >= 0.6 is 0 Å². The molecule has 1 atom stereocenters. The Morgan fingerprint density at radius 1 is 0.955 bits per heavy atom. The lowest BCUT2D eigenvalue weighted by Gasteiger charge is -2.33. The van der Waals surface area contributed by atoms with Gasteiger partial charge in [-0.15, -0.1) is 0 Å². The van der Waals surface area contributed by atoms with Crippen molar-refractivity contribution in [3.8, 4) is 0 Å². The van der Waals surface area contributed by atoms with Crippen molar-refractivity contribution in [3.05, 3.63) is 59.7 Å². The van der Waals surface area contributed by atoms with Gasteiger partial charge in [0.15, 0.2) is 5.90 Å². The first kappa shape index (κ1) is 13.3. The number of hydrogen-bond donors (Lipinski definition) is 0. The molecule has 0 saturated heterocycles. The van der Waals surface area contributed by atoms with Gasteiger partial charge in [0.05, 0.1) is 18.5 Å². The van der Waals surface area contributed by atoms with Crippen molar-refractivity contribution >= 4 is 11.8 Å². The number of rotatable bonds is 3. The smallest absolute Gasteiger partial charge is 0.212 e. The summed E-state index contributed by atoms with van der Waals surface area (Å²) in [5.74, 6) is 1.57. The Bertz CT molecular complexity index is 688. The maximum absolute atomic E-state index is 5.85. The highest BCUT2D eigenvalue weighted by atomic mass is 16.5. The molecule has 0 amide bonds. The van der Waals surface area contributed by atoms with E-state index in [9.17, 15) is 0 Å². The lowest BCUT2D eigenvalue weighted by atomic mass is 9.72. The molecule has 4 heteroatoms. The average Bonchev–Trinajstić information content (AvgIpc) is 3.29. The highest BCUT2D eigenvalue weighted by Crippen LogP contribution is 2.39. The van der Waals surface area contributed by atoms with Gasteiger partial charge < -0.3 is 9.47 Å². The molecule has 2 aliphatic heterocycles. The third-order valence-corrected chi connectivity index (χ3v) is 4.26. The molecule has 0 aromatic heterocycles. The number of nitrogens with zero attached hydrogens (tertiary/aromatic N) is 2. The summed E-state index contributed by atoms with van der Waals surface area (Å²) in [6, 6.07) is 10.4. The third-order valence-electron chi connectivity index (χ3n) is 4.26. The molecule has 4 nitrogen and oxygen atoms in total. The summed E-state index contributed by atoms with van der Waals surface area (Å²) in [5.41, 5.74) is 1.95. The van der Waals surface area contributed by atoms with Gasteiger partial charge >= 0.3 is 0 Å². The SMILES string of the molecule is C1=CC(C2=NCCO2)(c2ccccc2)CC(C2=NCCO2)=C1. The Hall–Kier alpha value is -2.36. The average molecular weight is 294 g/mol. The number of benzene rings is 1. The second-order valence-electron chi connectivity index (χ2n) is 5.64. The van der Waals surface area contributed by atoms with Crippen LogP contribution < -0.4 is 0 Å². The first-order valence-corrected chi connectivity index (χ1v) is 7.68. The molecule has 3 aliphatic rings. The van der Waals surface area contributed by atoms with E-state index in [0.29, 0.717) is 13.2 Å². The molecule has 0 saturated carbocycles. The van der Waals surface area contributed by atoms with Crippen molar-refractivity contribution in [1.29, 1.82) is 0 Å². The molecule has 1 aliphatic carbocycles. The number of aliphatic imine (C=N–C) groups is 2. The van der Waals surface area contributed by atoms with Crippen LogP contribution in [-0.4, -0.2) is 38.1 Å². The van der Waals surface area contributed by atoms with Gasteiger partial charge in [0.1, 0.15) is 13.2 Å². The van der Waals surface area contributed by atoms with Crippen molar-refractivity contribution in [2.75, 3.05) is 26.3 Å². The third kappa shape index (κ3) is 2.15. The van der Waals surface area contributed by atoms with Gasteiger partial charge in [-0.25, -0.2) is 4.99 Å². The summed E-state index contributed by atoms with van der Waals surface area (Å²) in [4.78, 5) is 9.06. The summed E-state index contributed by atoms with van der Waals surface area (Å²) in [7, 11) is 0. The molecule has 1 aromatic carbocycles. The second kappa shape index (κ2) is 5.44. The molecule has 0 radical (unpaired) electrons. The molecule has 4 rings (SSSR count). The van der Waals surface area contributed by atoms with Crippen LogP contribution in [0.1, 0.15) is 12.0 Å². The minimum Gasteiger partial charge on any atom is -0.478 e. The van der Waals surface area contributed by atoms with Gasteiger partial charge in [-0.2, -0.15) is 0 Å². The molecule has 1 aromatic rings. The van der Waals surface area contributed by atoms with Gasteiger partial charge in [0.2, 0.25) is 5.90 Å². The molecule has 0 fully saturated rings. The zero-order chi connectivity index (χ0) is 14.8. The van der Waals surface area contributed by atoms with Crippen LogP contribution in [0.4, 0.5) is 0 Å². The van der Waals surface area contributed by atoms with Crippen molar-refractivity contribution in [3.63, 3.8) is 0 Å². The van der Waals surface area contributed by atoms with Crippen molar-refractivity contribution < 1.29 is 9.47 Å². The van der Waals surface area contributed by atoms with E-state index >= 15 is 0 Å². The number of allylic oxidation sites excluding steroid dienone is 2. The van der Waals surface area contributed by atoms with E-state index in [1.807, 2.05) is 6.07 Å². The Balaban J connectivity index is 1.76. The van der Waals surface area contributed by atoms with E-state index in [0.717, 1.165) is 36.9 Å². The molecular weight excluding hydrogens is 276 g/mol. The fourth-order valence-electron chi connectivity index (χ4n) is 3.23. The lowest BCUT2D eigenvalue weighted by Crippen LogP contribution is -2.37. The summed E-state index contributed by atoms with van der Waals surface area (Å²) >= 11 is 0. The van der Waals surface area contributed by atoms with E-state index in [4.69, 9.17) is 9.47 Å². The van der Waals surface area contributed by atoms with Crippen molar-refractivity contribution in [2.45, 2.75) is 11.8 Å². The van der Waals surface area contributed by atoms with Crippen LogP contribution in [0.15, 0.2) is 64.1 Å². The van der Waals surface area contributed by atoms with Gasteiger partial charge in [-0.1, -0.05) is 48.6 Å². The topological polar surface area (TPSA) is 43.2 Å². The van der Waals surface area contributed by atoms with Crippen LogP contribution in [0, 0.1) is 0 Å². The molecule has 0 N–H and O–H groups in total. The van der Waals surface area contributed by atoms with Gasteiger partial charge in [-0.3, -0.25) is 4.99 Å². The maximum Gasteiger partial charge on any atom is 0.212 e. The molecule has 0 spiro atoms. The standard InChI is InChI=1S/C18H18N2O2/c1-2-6-15(7-3-1)18(17-20-10-12-22-17)8-4-5-14(13-18)16-19-9-11-21-16/h1-8H,9-13H2. The van der Waals surface area contributed by atoms with Crippen LogP contribution in [-0.2, 0) is 14.9 Å². The Morgan fingerprint density at radius 2 is 1.77 bits per heavy atom. The number of hydrogen-bond acceptors (Lipinski definition) is 4. The molecule has 22 heavy (non-hydrogen) atoms. The van der Waals surface area contributed by atoms with E-state index in [1.165, 1.54) is 5.56 Å². The number of ether oxygens (including phenoxy) is 2. The summed E-state index contributed by atoms with van der Waals surface area (Å²) in [5, 5.41) is 0. The van der Waals surface area contributed by atoms with E-state index in [-0.39, 0.29) is 5.41 Å².